The van der Waals surface area contributed by atoms with Gasteiger partial charge in [-0.25, -0.2) is 0 Å². The molecule has 96 valence electrons. The fourth-order valence-electron chi connectivity index (χ4n) is 1.29. The molecule has 1 aromatic carbocycles. The van der Waals surface area contributed by atoms with Crippen LogP contribution in [0.3, 0.4) is 0 Å². The second-order valence-electron chi connectivity index (χ2n) is 3.40. The fourth-order valence-corrected chi connectivity index (χ4v) is 1.53. The van der Waals surface area contributed by atoms with Crippen LogP contribution in [0.5, 0.6) is 11.5 Å². The van der Waals surface area contributed by atoms with Crippen molar-refractivity contribution in [3.05, 3.63) is 17.2 Å². The summed E-state index contributed by atoms with van der Waals surface area (Å²) in [6.45, 7) is -0.102. The van der Waals surface area contributed by atoms with E-state index >= 15 is 0 Å². The molecule has 0 aliphatic carbocycles. The number of aliphatic hydroxyl groups is 2. The Balaban J connectivity index is 2.87. The minimum absolute atomic E-state index is 0.204. The lowest BCUT2D eigenvalue weighted by molar-refractivity contribution is 0.105. The zero-order valence-electron chi connectivity index (χ0n) is 9.74. The average Bonchev–Trinajstić information content (AvgIpc) is 2.35. The number of nitrogens with one attached hydrogen (secondary N) is 1. The van der Waals surface area contributed by atoms with Crippen LogP contribution in [0, 0.1) is 0 Å². The number of anilines is 1. The van der Waals surface area contributed by atoms with Gasteiger partial charge in [0, 0.05) is 12.6 Å². The molecule has 1 atom stereocenters. The first-order valence-electron chi connectivity index (χ1n) is 5.06. The SMILES string of the molecule is COc1cc(OC)c(NC[C@H](O)CO)cc1Cl. The summed E-state index contributed by atoms with van der Waals surface area (Å²) in [4.78, 5) is 0. The molecule has 0 radical (unpaired) electrons. The summed E-state index contributed by atoms with van der Waals surface area (Å²) in [6.07, 6.45) is -0.833. The van der Waals surface area contributed by atoms with Gasteiger partial charge < -0.3 is 25.0 Å². The Bertz CT molecular complexity index is 373. The Labute approximate surface area is 105 Å². The van der Waals surface area contributed by atoms with E-state index in [2.05, 4.69) is 5.32 Å². The number of rotatable bonds is 6. The Hall–Kier alpha value is -1.17. The van der Waals surface area contributed by atoms with Gasteiger partial charge in [0.15, 0.2) is 0 Å². The number of ether oxygens (including phenoxy) is 2. The second kappa shape index (κ2) is 6.54. The first-order valence-corrected chi connectivity index (χ1v) is 5.44. The molecule has 6 heteroatoms. The third-order valence-electron chi connectivity index (χ3n) is 2.21. The highest BCUT2D eigenvalue weighted by Gasteiger charge is 2.10. The number of benzene rings is 1. The highest BCUT2D eigenvalue weighted by Crippen LogP contribution is 2.35. The predicted molar refractivity (Wildman–Crippen MR) is 66.1 cm³/mol. The van der Waals surface area contributed by atoms with Gasteiger partial charge in [-0.05, 0) is 6.07 Å². The highest BCUT2D eigenvalue weighted by atomic mass is 35.5. The maximum Gasteiger partial charge on any atom is 0.145 e. The standard InChI is InChI=1S/C11H16ClNO4/c1-16-10-4-11(17-2)9(3-8(10)12)13-5-7(15)6-14/h3-4,7,13-15H,5-6H2,1-2H3/t7-/m0/s1. The van der Waals surface area contributed by atoms with Crippen molar-refractivity contribution in [3.8, 4) is 11.5 Å². The quantitative estimate of drug-likeness (QED) is 0.716. The maximum absolute atomic E-state index is 9.24. The number of hydrogen-bond donors (Lipinski definition) is 3. The van der Waals surface area contributed by atoms with Crippen molar-refractivity contribution in [3.63, 3.8) is 0 Å². The van der Waals surface area contributed by atoms with Crippen LogP contribution < -0.4 is 14.8 Å². The molecule has 0 aliphatic heterocycles. The minimum Gasteiger partial charge on any atom is -0.495 e. The molecular weight excluding hydrogens is 246 g/mol. The number of aliphatic hydroxyl groups excluding tert-OH is 2. The predicted octanol–water partition coefficient (Wildman–Crippen LogP) is 1.12. The van der Waals surface area contributed by atoms with Gasteiger partial charge in [-0.2, -0.15) is 0 Å². The number of methoxy groups -OCH3 is 2. The Morgan fingerprint density at radius 1 is 1.29 bits per heavy atom. The lowest BCUT2D eigenvalue weighted by Gasteiger charge is -2.15. The molecule has 0 unspecified atom stereocenters. The van der Waals surface area contributed by atoms with Gasteiger partial charge in [0.25, 0.3) is 0 Å². The second-order valence-corrected chi connectivity index (χ2v) is 3.81. The molecule has 17 heavy (non-hydrogen) atoms. The average molecular weight is 262 g/mol. The van der Waals surface area contributed by atoms with Gasteiger partial charge in [0.05, 0.1) is 37.6 Å². The van der Waals surface area contributed by atoms with E-state index in [1.54, 1.807) is 12.1 Å². The smallest absolute Gasteiger partial charge is 0.145 e. The zero-order chi connectivity index (χ0) is 12.8. The molecular formula is C11H16ClNO4. The lowest BCUT2D eigenvalue weighted by Crippen LogP contribution is -2.23. The number of hydrogen-bond acceptors (Lipinski definition) is 5. The summed E-state index contributed by atoms with van der Waals surface area (Å²) in [5.74, 6) is 1.06. The summed E-state index contributed by atoms with van der Waals surface area (Å²) < 4.78 is 10.2. The van der Waals surface area contributed by atoms with Crippen LogP contribution in [0.2, 0.25) is 5.02 Å². The van der Waals surface area contributed by atoms with Crippen molar-refractivity contribution in [1.82, 2.24) is 0 Å². The normalized spacial score (nSPS) is 12.1. The van der Waals surface area contributed by atoms with Gasteiger partial charge >= 0.3 is 0 Å². The topological polar surface area (TPSA) is 71.0 Å². The van der Waals surface area contributed by atoms with Crippen LogP contribution >= 0.6 is 11.6 Å². The Morgan fingerprint density at radius 2 is 1.94 bits per heavy atom. The zero-order valence-corrected chi connectivity index (χ0v) is 10.5. The van der Waals surface area contributed by atoms with E-state index in [0.29, 0.717) is 22.2 Å². The summed E-state index contributed by atoms with van der Waals surface area (Å²) in [6, 6.07) is 3.29. The van der Waals surface area contributed by atoms with Gasteiger partial charge in [-0.1, -0.05) is 11.6 Å². The van der Waals surface area contributed by atoms with E-state index in [1.807, 2.05) is 0 Å². The van der Waals surface area contributed by atoms with Crippen molar-refractivity contribution in [2.24, 2.45) is 0 Å². The molecule has 0 aromatic heterocycles. The molecule has 0 aliphatic rings. The van der Waals surface area contributed by atoms with Crippen LogP contribution in [-0.4, -0.2) is 43.7 Å². The van der Waals surface area contributed by atoms with Crippen molar-refractivity contribution in [2.45, 2.75) is 6.10 Å². The van der Waals surface area contributed by atoms with Crippen LogP contribution in [0.4, 0.5) is 5.69 Å². The van der Waals surface area contributed by atoms with E-state index in [9.17, 15) is 5.11 Å². The summed E-state index contributed by atoms with van der Waals surface area (Å²) in [5, 5.41) is 21.3. The summed E-state index contributed by atoms with van der Waals surface area (Å²) in [5.41, 5.74) is 0.630. The molecule has 1 aromatic rings. The fraction of sp³-hybridized carbons (Fsp3) is 0.455. The largest absolute Gasteiger partial charge is 0.495 e. The molecule has 5 nitrogen and oxygen atoms in total. The maximum atomic E-state index is 9.24. The molecule has 0 heterocycles. The van der Waals surface area contributed by atoms with Crippen molar-refractivity contribution < 1.29 is 19.7 Å². The first kappa shape index (κ1) is 13.9. The van der Waals surface area contributed by atoms with Crippen LogP contribution in [-0.2, 0) is 0 Å². The van der Waals surface area contributed by atoms with E-state index in [1.165, 1.54) is 14.2 Å². The third-order valence-corrected chi connectivity index (χ3v) is 2.51. The molecule has 0 amide bonds. The molecule has 0 bridgehead atoms. The van der Waals surface area contributed by atoms with Crippen LogP contribution in [0.1, 0.15) is 0 Å². The summed E-state index contributed by atoms with van der Waals surface area (Å²) in [7, 11) is 3.04. The lowest BCUT2D eigenvalue weighted by atomic mass is 10.2. The molecule has 0 spiro atoms. The van der Waals surface area contributed by atoms with Gasteiger partial charge in [-0.15, -0.1) is 0 Å². The molecule has 1 rings (SSSR count). The van der Waals surface area contributed by atoms with E-state index < -0.39 is 6.10 Å². The van der Waals surface area contributed by atoms with Gasteiger partial charge in [0.2, 0.25) is 0 Å². The molecule has 0 saturated heterocycles. The van der Waals surface area contributed by atoms with Crippen LogP contribution in [0.15, 0.2) is 12.1 Å². The number of halogens is 1. The van der Waals surface area contributed by atoms with E-state index in [4.69, 9.17) is 26.2 Å². The minimum atomic E-state index is -0.833. The van der Waals surface area contributed by atoms with E-state index in [-0.39, 0.29) is 13.2 Å². The van der Waals surface area contributed by atoms with Crippen LogP contribution in [0.25, 0.3) is 0 Å². The van der Waals surface area contributed by atoms with Crippen molar-refractivity contribution in [1.29, 1.82) is 0 Å². The third kappa shape index (κ3) is 3.66. The Morgan fingerprint density at radius 3 is 2.47 bits per heavy atom. The van der Waals surface area contributed by atoms with E-state index in [0.717, 1.165) is 0 Å². The molecule has 3 N–H and O–H groups in total. The summed E-state index contributed by atoms with van der Waals surface area (Å²) >= 11 is 5.98. The monoisotopic (exact) mass is 261 g/mol. The van der Waals surface area contributed by atoms with Gasteiger partial charge in [0.1, 0.15) is 11.5 Å². The van der Waals surface area contributed by atoms with Crippen molar-refractivity contribution >= 4 is 17.3 Å². The molecule has 0 fully saturated rings. The van der Waals surface area contributed by atoms with Crippen molar-refractivity contribution in [2.75, 3.05) is 32.7 Å². The first-order chi connectivity index (χ1) is 8.12. The Kier molecular flexibility index (Phi) is 5.34. The molecule has 0 saturated carbocycles. The van der Waals surface area contributed by atoms with Gasteiger partial charge in [-0.3, -0.25) is 0 Å². The highest BCUT2D eigenvalue weighted by molar-refractivity contribution is 6.32.